The summed E-state index contributed by atoms with van der Waals surface area (Å²) >= 11 is 0. The molecule has 1 aromatic carbocycles. The summed E-state index contributed by atoms with van der Waals surface area (Å²) in [6.07, 6.45) is 2.28. The van der Waals surface area contributed by atoms with Gasteiger partial charge in [-0.1, -0.05) is 24.3 Å². The van der Waals surface area contributed by atoms with Crippen LogP contribution in [0.2, 0.25) is 0 Å². The van der Waals surface area contributed by atoms with Crippen LogP contribution in [0.25, 0.3) is 16.5 Å². The fourth-order valence-corrected chi connectivity index (χ4v) is 2.07. The predicted octanol–water partition coefficient (Wildman–Crippen LogP) is 3.06. The van der Waals surface area contributed by atoms with E-state index in [0.29, 0.717) is 0 Å². The lowest BCUT2D eigenvalue weighted by molar-refractivity contribution is 0.882. The molecule has 1 aliphatic heterocycles. The number of hydrogen-bond acceptors (Lipinski definition) is 0. The molecule has 0 fully saturated rings. The first-order valence-electron chi connectivity index (χ1n) is 4.62. The van der Waals surface area contributed by atoms with Gasteiger partial charge in [0.2, 0.25) is 0 Å². The molecule has 2 aromatic rings. The Morgan fingerprint density at radius 1 is 1.23 bits per heavy atom. The highest BCUT2D eigenvalue weighted by molar-refractivity contribution is 5.86. The fraction of sp³-hybridized carbons (Fsp3) is 0.167. The van der Waals surface area contributed by atoms with E-state index >= 15 is 0 Å². The van der Waals surface area contributed by atoms with Gasteiger partial charge in [-0.15, -0.1) is 0 Å². The molecule has 1 aliphatic rings. The van der Waals surface area contributed by atoms with Crippen LogP contribution in [0.5, 0.6) is 0 Å². The van der Waals surface area contributed by atoms with Crippen LogP contribution in [0.15, 0.2) is 36.4 Å². The van der Waals surface area contributed by atoms with E-state index in [1.165, 1.54) is 22.2 Å². The average Bonchev–Trinajstić information content (AvgIpc) is 2.67. The Balaban J connectivity index is 2.43. The van der Waals surface area contributed by atoms with Gasteiger partial charge in [-0.3, -0.25) is 0 Å². The monoisotopic (exact) mass is 169 g/mol. The lowest BCUT2D eigenvalue weighted by Gasteiger charge is -1.99. The van der Waals surface area contributed by atoms with E-state index in [1.54, 1.807) is 0 Å². The minimum absolute atomic E-state index is 1.04. The van der Waals surface area contributed by atoms with Gasteiger partial charge < -0.3 is 4.57 Å². The van der Waals surface area contributed by atoms with Crippen LogP contribution in [0.3, 0.4) is 0 Å². The highest BCUT2D eigenvalue weighted by Crippen LogP contribution is 2.28. The predicted molar refractivity (Wildman–Crippen MR) is 55.6 cm³/mol. The number of para-hydroxylation sites is 1. The number of nitrogens with zero attached hydrogens (tertiary/aromatic N) is 1. The SMILES string of the molecule is CC1=CCn2c1cc1ccccc12. The molecule has 0 N–H and O–H groups in total. The fourth-order valence-electron chi connectivity index (χ4n) is 2.07. The minimum atomic E-state index is 1.04. The second-order valence-electron chi connectivity index (χ2n) is 3.59. The molecular formula is C12H11N. The van der Waals surface area contributed by atoms with Gasteiger partial charge in [0, 0.05) is 23.1 Å². The van der Waals surface area contributed by atoms with E-state index in [2.05, 4.69) is 47.9 Å². The highest BCUT2D eigenvalue weighted by atomic mass is 15.0. The Morgan fingerprint density at radius 2 is 2.08 bits per heavy atom. The van der Waals surface area contributed by atoms with E-state index in [9.17, 15) is 0 Å². The van der Waals surface area contributed by atoms with Crippen molar-refractivity contribution in [2.75, 3.05) is 0 Å². The summed E-state index contributed by atoms with van der Waals surface area (Å²) in [7, 11) is 0. The van der Waals surface area contributed by atoms with Crippen molar-refractivity contribution in [2.45, 2.75) is 13.5 Å². The van der Waals surface area contributed by atoms with Gasteiger partial charge in [0.1, 0.15) is 0 Å². The third kappa shape index (κ3) is 0.816. The summed E-state index contributed by atoms with van der Waals surface area (Å²) in [5.74, 6) is 0. The molecule has 3 rings (SSSR count). The van der Waals surface area contributed by atoms with Crippen molar-refractivity contribution in [3.05, 3.63) is 42.1 Å². The van der Waals surface area contributed by atoms with Crippen molar-refractivity contribution < 1.29 is 0 Å². The van der Waals surface area contributed by atoms with Crippen LogP contribution in [0, 0.1) is 0 Å². The first kappa shape index (κ1) is 6.96. The summed E-state index contributed by atoms with van der Waals surface area (Å²) < 4.78 is 2.37. The second kappa shape index (κ2) is 2.25. The van der Waals surface area contributed by atoms with Gasteiger partial charge in [-0.05, 0) is 24.6 Å². The van der Waals surface area contributed by atoms with Crippen molar-refractivity contribution in [3.8, 4) is 0 Å². The maximum atomic E-state index is 2.37. The lowest BCUT2D eigenvalue weighted by Crippen LogP contribution is -1.91. The first-order valence-corrected chi connectivity index (χ1v) is 4.62. The zero-order chi connectivity index (χ0) is 8.84. The number of rotatable bonds is 0. The Labute approximate surface area is 77.3 Å². The van der Waals surface area contributed by atoms with Crippen LogP contribution in [-0.2, 0) is 6.54 Å². The average molecular weight is 169 g/mol. The molecule has 0 saturated carbocycles. The number of fused-ring (bicyclic) bond motifs is 3. The molecule has 0 radical (unpaired) electrons. The van der Waals surface area contributed by atoms with Crippen molar-refractivity contribution in [1.82, 2.24) is 4.57 Å². The molecule has 0 amide bonds. The molecule has 1 heteroatoms. The molecule has 0 bridgehead atoms. The smallest absolute Gasteiger partial charge is 0.0488 e. The Hall–Kier alpha value is -1.50. The van der Waals surface area contributed by atoms with E-state index < -0.39 is 0 Å². The van der Waals surface area contributed by atoms with E-state index in [1.807, 2.05) is 0 Å². The molecule has 2 heterocycles. The van der Waals surface area contributed by atoms with Crippen molar-refractivity contribution >= 4 is 16.5 Å². The number of hydrogen-bond donors (Lipinski definition) is 0. The maximum absolute atomic E-state index is 2.37. The van der Waals surface area contributed by atoms with Gasteiger partial charge >= 0.3 is 0 Å². The molecule has 0 saturated heterocycles. The maximum Gasteiger partial charge on any atom is 0.0488 e. The highest BCUT2D eigenvalue weighted by Gasteiger charge is 2.12. The van der Waals surface area contributed by atoms with Gasteiger partial charge in [0.25, 0.3) is 0 Å². The van der Waals surface area contributed by atoms with Crippen LogP contribution in [-0.4, -0.2) is 4.57 Å². The number of allylic oxidation sites excluding steroid dienone is 2. The Kier molecular flexibility index (Phi) is 1.21. The third-order valence-corrected chi connectivity index (χ3v) is 2.79. The zero-order valence-electron chi connectivity index (χ0n) is 7.62. The van der Waals surface area contributed by atoms with Crippen LogP contribution >= 0.6 is 0 Å². The van der Waals surface area contributed by atoms with Crippen molar-refractivity contribution in [1.29, 1.82) is 0 Å². The molecular weight excluding hydrogens is 158 g/mol. The molecule has 0 spiro atoms. The van der Waals surface area contributed by atoms with Crippen LogP contribution < -0.4 is 0 Å². The van der Waals surface area contributed by atoms with Crippen LogP contribution in [0.4, 0.5) is 0 Å². The van der Waals surface area contributed by atoms with Gasteiger partial charge in [-0.2, -0.15) is 0 Å². The zero-order valence-corrected chi connectivity index (χ0v) is 7.62. The molecule has 0 aliphatic carbocycles. The summed E-state index contributed by atoms with van der Waals surface area (Å²) in [6, 6.07) is 10.8. The lowest BCUT2D eigenvalue weighted by atomic mass is 10.2. The standard InChI is InChI=1S/C12H11N/c1-9-6-7-13-11-5-3-2-4-10(11)8-12(9)13/h2-6,8H,7H2,1H3. The molecule has 64 valence electrons. The van der Waals surface area contributed by atoms with E-state index in [4.69, 9.17) is 0 Å². The Bertz CT molecular complexity index is 503. The molecule has 13 heavy (non-hydrogen) atoms. The molecule has 1 nitrogen and oxygen atoms in total. The van der Waals surface area contributed by atoms with Crippen molar-refractivity contribution in [2.24, 2.45) is 0 Å². The summed E-state index contributed by atoms with van der Waals surface area (Å²) in [5, 5.41) is 1.35. The molecule has 1 aromatic heterocycles. The second-order valence-corrected chi connectivity index (χ2v) is 3.59. The molecule has 0 unspecified atom stereocenters. The summed E-state index contributed by atoms with van der Waals surface area (Å²) in [5.41, 5.74) is 4.13. The number of aromatic nitrogens is 1. The van der Waals surface area contributed by atoms with Gasteiger partial charge in [0.05, 0.1) is 0 Å². The summed E-state index contributed by atoms with van der Waals surface area (Å²) in [6.45, 7) is 3.21. The quantitative estimate of drug-likeness (QED) is 0.571. The van der Waals surface area contributed by atoms with E-state index in [-0.39, 0.29) is 0 Å². The Morgan fingerprint density at radius 3 is 3.00 bits per heavy atom. The topological polar surface area (TPSA) is 4.93 Å². The normalized spacial score (nSPS) is 14.7. The van der Waals surface area contributed by atoms with Gasteiger partial charge in [-0.25, -0.2) is 0 Å². The van der Waals surface area contributed by atoms with E-state index in [0.717, 1.165) is 6.54 Å². The molecule has 0 atom stereocenters. The van der Waals surface area contributed by atoms with Crippen molar-refractivity contribution in [3.63, 3.8) is 0 Å². The summed E-state index contributed by atoms with van der Waals surface area (Å²) in [4.78, 5) is 0. The van der Waals surface area contributed by atoms with Crippen LogP contribution in [0.1, 0.15) is 12.6 Å². The first-order chi connectivity index (χ1) is 6.36. The number of benzene rings is 1. The minimum Gasteiger partial charge on any atom is -0.337 e. The largest absolute Gasteiger partial charge is 0.337 e. The third-order valence-electron chi connectivity index (χ3n) is 2.79. The van der Waals surface area contributed by atoms with Gasteiger partial charge in [0.15, 0.2) is 0 Å².